The molecule has 154 valence electrons. The van der Waals surface area contributed by atoms with Gasteiger partial charge in [-0.25, -0.2) is 0 Å². The highest BCUT2D eigenvalue weighted by Crippen LogP contribution is 2.42. The fourth-order valence-electron chi connectivity index (χ4n) is 5.04. The highest BCUT2D eigenvalue weighted by Gasteiger charge is 2.40. The Labute approximate surface area is 173 Å². The third-order valence-electron chi connectivity index (χ3n) is 6.51. The number of aromatic nitrogens is 1. The molecule has 0 radical (unpaired) electrons. The number of ether oxygens (including phenoxy) is 1. The second-order valence-electron chi connectivity index (χ2n) is 8.55. The molecule has 0 saturated heterocycles. The van der Waals surface area contributed by atoms with Gasteiger partial charge in [-0.05, 0) is 67.1 Å². The van der Waals surface area contributed by atoms with E-state index in [4.69, 9.17) is 4.74 Å². The van der Waals surface area contributed by atoms with E-state index in [2.05, 4.69) is 42.5 Å². The zero-order valence-corrected chi connectivity index (χ0v) is 17.7. The summed E-state index contributed by atoms with van der Waals surface area (Å²) < 4.78 is 5.39. The van der Waals surface area contributed by atoms with E-state index < -0.39 is 5.60 Å². The first-order valence-electron chi connectivity index (χ1n) is 10.7. The van der Waals surface area contributed by atoms with Crippen LogP contribution in [0.5, 0.6) is 5.75 Å². The summed E-state index contributed by atoms with van der Waals surface area (Å²) >= 11 is 0. The maximum Gasteiger partial charge on any atom is 0.119 e. The summed E-state index contributed by atoms with van der Waals surface area (Å²) in [5.41, 5.74) is 5.25. The molecule has 1 aliphatic carbocycles. The first-order valence-corrected chi connectivity index (χ1v) is 10.7. The molecular formula is C25H32N2O2. The Hall–Kier alpha value is -2.30. The predicted octanol–water partition coefficient (Wildman–Crippen LogP) is 4.96. The third kappa shape index (κ3) is 3.92. The van der Waals surface area contributed by atoms with E-state index in [1.807, 2.05) is 24.3 Å². The molecule has 29 heavy (non-hydrogen) atoms. The molecule has 0 aliphatic heterocycles. The maximum absolute atomic E-state index is 11.6. The molecule has 4 nitrogen and oxygen atoms in total. The van der Waals surface area contributed by atoms with Crippen LogP contribution in [0.4, 0.5) is 0 Å². The van der Waals surface area contributed by atoms with Crippen molar-refractivity contribution in [3.05, 3.63) is 64.8 Å². The lowest BCUT2D eigenvalue weighted by molar-refractivity contribution is -0.0538. The molecule has 1 fully saturated rings. The SMILES string of the molecule is COc1cccc(C2(O)CCCCC2CNCc2c[nH]c3cc(C)cc(C)c23)c1. The summed E-state index contributed by atoms with van der Waals surface area (Å²) in [6, 6.07) is 12.4. The second kappa shape index (κ2) is 8.21. The number of H-pyrrole nitrogens is 1. The van der Waals surface area contributed by atoms with Gasteiger partial charge < -0.3 is 20.1 Å². The van der Waals surface area contributed by atoms with Crippen LogP contribution in [0.1, 0.15) is 47.9 Å². The first kappa shape index (κ1) is 20.0. The van der Waals surface area contributed by atoms with Crippen LogP contribution in [0.15, 0.2) is 42.6 Å². The van der Waals surface area contributed by atoms with Gasteiger partial charge in [-0.3, -0.25) is 0 Å². The maximum atomic E-state index is 11.6. The largest absolute Gasteiger partial charge is 0.497 e. The van der Waals surface area contributed by atoms with E-state index in [0.717, 1.165) is 43.7 Å². The molecule has 0 spiro atoms. The lowest BCUT2D eigenvalue weighted by Gasteiger charge is -2.41. The molecule has 1 aromatic heterocycles. The lowest BCUT2D eigenvalue weighted by atomic mass is 9.71. The van der Waals surface area contributed by atoms with Crippen LogP contribution in [0.3, 0.4) is 0 Å². The van der Waals surface area contributed by atoms with Gasteiger partial charge in [-0.15, -0.1) is 0 Å². The molecule has 2 unspecified atom stereocenters. The van der Waals surface area contributed by atoms with Crippen molar-refractivity contribution in [1.29, 1.82) is 0 Å². The summed E-state index contributed by atoms with van der Waals surface area (Å²) in [6.07, 6.45) is 6.18. The number of benzene rings is 2. The van der Waals surface area contributed by atoms with Crippen LogP contribution in [0.25, 0.3) is 10.9 Å². The van der Waals surface area contributed by atoms with Gasteiger partial charge in [-0.2, -0.15) is 0 Å². The molecule has 3 N–H and O–H groups in total. The van der Waals surface area contributed by atoms with Gasteiger partial charge in [0.05, 0.1) is 12.7 Å². The van der Waals surface area contributed by atoms with Crippen LogP contribution in [-0.4, -0.2) is 23.7 Å². The fourth-order valence-corrected chi connectivity index (χ4v) is 5.04. The van der Waals surface area contributed by atoms with Gasteiger partial charge in [0.15, 0.2) is 0 Å². The van der Waals surface area contributed by atoms with E-state index >= 15 is 0 Å². The first-order chi connectivity index (χ1) is 14.0. The Balaban J connectivity index is 1.49. The van der Waals surface area contributed by atoms with E-state index in [1.54, 1.807) is 7.11 Å². The van der Waals surface area contributed by atoms with Crippen molar-refractivity contribution >= 4 is 10.9 Å². The minimum atomic E-state index is -0.799. The van der Waals surface area contributed by atoms with Crippen molar-refractivity contribution in [2.45, 2.75) is 51.7 Å². The molecule has 4 rings (SSSR count). The molecule has 4 heteroatoms. The number of aromatic amines is 1. The predicted molar refractivity (Wildman–Crippen MR) is 118 cm³/mol. The van der Waals surface area contributed by atoms with E-state index in [-0.39, 0.29) is 5.92 Å². The molecule has 1 aliphatic rings. The molecule has 0 amide bonds. The third-order valence-corrected chi connectivity index (χ3v) is 6.51. The molecule has 1 heterocycles. The van der Waals surface area contributed by atoms with Crippen LogP contribution < -0.4 is 10.1 Å². The summed E-state index contributed by atoms with van der Waals surface area (Å²) in [5.74, 6) is 0.995. The number of methoxy groups -OCH3 is 1. The Morgan fingerprint density at radius 2 is 2.07 bits per heavy atom. The molecular weight excluding hydrogens is 360 g/mol. The summed E-state index contributed by atoms with van der Waals surface area (Å²) in [6.45, 7) is 5.91. The minimum Gasteiger partial charge on any atom is -0.497 e. The van der Waals surface area contributed by atoms with Gasteiger partial charge in [0.1, 0.15) is 5.75 Å². The van der Waals surface area contributed by atoms with Crippen LogP contribution >= 0.6 is 0 Å². The topological polar surface area (TPSA) is 57.3 Å². The highest BCUT2D eigenvalue weighted by molar-refractivity contribution is 5.87. The molecule has 2 atom stereocenters. The molecule has 1 saturated carbocycles. The minimum absolute atomic E-state index is 0.192. The van der Waals surface area contributed by atoms with Gasteiger partial charge in [0.25, 0.3) is 0 Å². The Morgan fingerprint density at radius 1 is 1.21 bits per heavy atom. The quantitative estimate of drug-likeness (QED) is 0.556. The summed E-state index contributed by atoms with van der Waals surface area (Å²) in [7, 11) is 1.67. The monoisotopic (exact) mass is 392 g/mol. The summed E-state index contributed by atoms with van der Waals surface area (Å²) in [5, 5.41) is 16.6. The highest BCUT2D eigenvalue weighted by atomic mass is 16.5. The number of fused-ring (bicyclic) bond motifs is 1. The van der Waals surface area contributed by atoms with Crippen LogP contribution in [0.2, 0.25) is 0 Å². The normalized spacial score (nSPS) is 22.1. The molecule has 0 bridgehead atoms. The number of aliphatic hydroxyl groups is 1. The number of rotatable bonds is 6. The Kier molecular flexibility index (Phi) is 5.66. The van der Waals surface area contributed by atoms with Gasteiger partial charge >= 0.3 is 0 Å². The van der Waals surface area contributed by atoms with Crippen molar-refractivity contribution < 1.29 is 9.84 Å². The standard InChI is InChI=1S/C25H32N2O2/c1-17-11-18(2)24-19(15-27-23(24)12-17)14-26-16-21-7-4-5-10-25(21,28)20-8-6-9-22(13-20)29-3/h6,8-9,11-13,15,21,26-28H,4-5,7,10,14,16H2,1-3H3. The van der Waals surface area contributed by atoms with Crippen molar-refractivity contribution in [2.75, 3.05) is 13.7 Å². The number of hydrogen-bond acceptors (Lipinski definition) is 3. The number of hydrogen-bond donors (Lipinski definition) is 3. The second-order valence-corrected chi connectivity index (χ2v) is 8.55. The van der Waals surface area contributed by atoms with Crippen LogP contribution in [0, 0.1) is 19.8 Å². The smallest absolute Gasteiger partial charge is 0.119 e. The number of aryl methyl sites for hydroxylation is 2. The van der Waals surface area contributed by atoms with Gasteiger partial charge in [-0.1, -0.05) is 31.0 Å². The average molecular weight is 393 g/mol. The zero-order valence-electron chi connectivity index (χ0n) is 17.7. The number of nitrogens with one attached hydrogen (secondary N) is 2. The average Bonchev–Trinajstić information content (AvgIpc) is 3.12. The lowest BCUT2D eigenvalue weighted by Crippen LogP contribution is -2.43. The molecule has 2 aromatic carbocycles. The Morgan fingerprint density at radius 3 is 2.90 bits per heavy atom. The summed E-state index contributed by atoms with van der Waals surface area (Å²) in [4.78, 5) is 3.41. The Bertz CT molecular complexity index is 994. The fraction of sp³-hybridized carbons (Fsp3) is 0.440. The van der Waals surface area contributed by atoms with Crippen LogP contribution in [-0.2, 0) is 12.1 Å². The van der Waals surface area contributed by atoms with Gasteiger partial charge in [0.2, 0.25) is 0 Å². The van der Waals surface area contributed by atoms with E-state index in [1.165, 1.54) is 34.0 Å². The van der Waals surface area contributed by atoms with E-state index in [9.17, 15) is 5.11 Å². The van der Waals surface area contributed by atoms with Crippen molar-refractivity contribution in [2.24, 2.45) is 5.92 Å². The zero-order chi connectivity index (χ0) is 20.4. The van der Waals surface area contributed by atoms with E-state index in [0.29, 0.717) is 0 Å². The van der Waals surface area contributed by atoms with Crippen molar-refractivity contribution in [3.8, 4) is 5.75 Å². The van der Waals surface area contributed by atoms with Crippen molar-refractivity contribution in [1.82, 2.24) is 10.3 Å². The van der Waals surface area contributed by atoms with Crippen molar-refractivity contribution in [3.63, 3.8) is 0 Å². The molecule has 3 aromatic rings. The van der Waals surface area contributed by atoms with Gasteiger partial charge in [0, 0.05) is 36.1 Å².